The maximum Gasteiger partial charge on any atom is 0.0113 e. The molecular weight excluding hydrogens is 302 g/mol. The fraction of sp³-hybridized carbons (Fsp3) is 1.00. The van der Waals surface area contributed by atoms with Crippen LogP contribution >= 0.6 is 17.2 Å². The van der Waals surface area contributed by atoms with Crippen LogP contribution in [0.15, 0.2) is 0 Å². The van der Waals surface area contributed by atoms with E-state index in [1.54, 1.807) is 77.0 Å². The van der Waals surface area contributed by atoms with Crippen molar-refractivity contribution in [3.05, 3.63) is 0 Å². The molecule has 1 spiro atoms. The largest absolute Gasteiger partial charge is 0.108 e. The minimum atomic E-state index is 0.842. The van der Waals surface area contributed by atoms with Crippen LogP contribution in [0.25, 0.3) is 0 Å². The quantitative estimate of drug-likeness (QED) is 0.463. The maximum absolute atomic E-state index is 2.55. The SMILES string of the molecule is CCC1C2CCCCC(CC2)PC12PC1CCCCC2CC1. The van der Waals surface area contributed by atoms with E-state index >= 15 is 0 Å². The van der Waals surface area contributed by atoms with Crippen LogP contribution in [0.5, 0.6) is 0 Å². The Kier molecular flexibility index (Phi) is 5.20. The van der Waals surface area contributed by atoms with E-state index in [0.29, 0.717) is 0 Å². The zero-order chi connectivity index (χ0) is 15.0. The predicted octanol–water partition coefficient (Wildman–Crippen LogP) is 6.77. The van der Waals surface area contributed by atoms with Crippen LogP contribution < -0.4 is 0 Å². The van der Waals surface area contributed by atoms with Gasteiger partial charge in [0, 0.05) is 4.90 Å². The van der Waals surface area contributed by atoms with Gasteiger partial charge in [-0.3, -0.25) is 0 Å². The summed E-state index contributed by atoms with van der Waals surface area (Å²) in [7, 11) is 2.70. The van der Waals surface area contributed by atoms with Crippen molar-refractivity contribution < 1.29 is 0 Å². The van der Waals surface area contributed by atoms with Crippen LogP contribution in [0.4, 0.5) is 0 Å². The summed E-state index contributed by atoms with van der Waals surface area (Å²) in [6.45, 7) is 2.55. The molecule has 0 radical (unpaired) electrons. The molecule has 0 amide bonds. The van der Waals surface area contributed by atoms with E-state index in [2.05, 4.69) is 6.92 Å². The summed E-state index contributed by atoms with van der Waals surface area (Å²) >= 11 is 0. The van der Waals surface area contributed by atoms with Gasteiger partial charge in [0.25, 0.3) is 0 Å². The van der Waals surface area contributed by atoms with E-state index in [1.165, 1.54) is 23.6 Å². The average Bonchev–Trinajstić information content (AvgIpc) is 2.56. The van der Waals surface area contributed by atoms with Crippen molar-refractivity contribution in [1.82, 2.24) is 0 Å². The molecule has 0 aromatic heterocycles. The van der Waals surface area contributed by atoms with Gasteiger partial charge < -0.3 is 0 Å². The lowest BCUT2D eigenvalue weighted by Crippen LogP contribution is -2.45. The monoisotopic (exact) mass is 338 g/mol. The standard InChI is InChI=1S/C20H36P2/c1-2-19-15-7-3-5-9-17(13-11-15)21-20(19)16-8-4-6-10-18(22-20)14-12-16/h15-19,21-22H,2-14H2,1H3. The molecule has 2 aliphatic carbocycles. The van der Waals surface area contributed by atoms with Crippen LogP contribution in [0.3, 0.4) is 0 Å². The van der Waals surface area contributed by atoms with Crippen molar-refractivity contribution in [1.29, 1.82) is 0 Å². The zero-order valence-electron chi connectivity index (χ0n) is 14.6. The summed E-state index contributed by atoms with van der Waals surface area (Å²) < 4.78 is 0. The number of hydrogen-bond acceptors (Lipinski definition) is 0. The Hall–Kier alpha value is 0.860. The molecule has 5 fully saturated rings. The highest BCUT2D eigenvalue weighted by atomic mass is 31.1. The number of hydrogen-bond donors (Lipinski definition) is 0. The molecule has 2 heteroatoms. The average molecular weight is 338 g/mol. The second-order valence-corrected chi connectivity index (χ2v) is 13.1. The first kappa shape index (κ1) is 16.3. The molecule has 0 nitrogen and oxygen atoms in total. The van der Waals surface area contributed by atoms with E-state index in [1.807, 2.05) is 0 Å². The molecule has 8 atom stereocenters. The molecule has 0 N–H and O–H groups in total. The van der Waals surface area contributed by atoms with Crippen molar-refractivity contribution in [2.45, 2.75) is 107 Å². The highest BCUT2D eigenvalue weighted by molar-refractivity contribution is 7.60. The molecule has 5 rings (SSSR count). The summed E-state index contributed by atoms with van der Waals surface area (Å²) in [6.07, 6.45) is 20.5. The van der Waals surface area contributed by atoms with Gasteiger partial charge in [0.05, 0.1) is 0 Å². The molecule has 126 valence electrons. The Bertz CT molecular complexity index is 378. The zero-order valence-corrected chi connectivity index (χ0v) is 16.6. The first-order valence-electron chi connectivity index (χ1n) is 10.4. The van der Waals surface area contributed by atoms with Gasteiger partial charge in [0.1, 0.15) is 0 Å². The first-order chi connectivity index (χ1) is 10.8. The van der Waals surface area contributed by atoms with E-state index < -0.39 is 0 Å². The topological polar surface area (TPSA) is 0 Å². The van der Waals surface area contributed by atoms with E-state index in [9.17, 15) is 0 Å². The van der Waals surface area contributed by atoms with E-state index in [4.69, 9.17) is 0 Å². The summed E-state index contributed by atoms with van der Waals surface area (Å²) in [4.78, 5) is 0.842. The Morgan fingerprint density at radius 1 is 0.727 bits per heavy atom. The Balaban J connectivity index is 1.71. The van der Waals surface area contributed by atoms with Gasteiger partial charge in [-0.2, -0.15) is 0 Å². The summed E-state index contributed by atoms with van der Waals surface area (Å²) in [5, 5.41) is 0. The van der Waals surface area contributed by atoms with Gasteiger partial charge in [-0.1, -0.05) is 45.4 Å². The molecule has 3 heterocycles. The normalized spacial score (nSPS) is 51.4. The summed E-state index contributed by atoms with van der Waals surface area (Å²) in [6, 6.07) is 0. The third-order valence-electron chi connectivity index (χ3n) is 7.61. The highest BCUT2D eigenvalue weighted by Crippen LogP contribution is 2.70. The molecular formula is C20H36P2. The van der Waals surface area contributed by atoms with Crippen molar-refractivity contribution in [2.24, 2.45) is 17.8 Å². The second-order valence-electron chi connectivity index (χ2n) is 8.75. The van der Waals surface area contributed by atoms with Gasteiger partial charge in [-0.15, -0.1) is 17.2 Å². The van der Waals surface area contributed by atoms with Gasteiger partial charge in [-0.25, -0.2) is 0 Å². The van der Waals surface area contributed by atoms with Gasteiger partial charge in [-0.05, 0) is 74.0 Å². The minimum absolute atomic E-state index is 0.842. The van der Waals surface area contributed by atoms with Crippen LogP contribution in [0.1, 0.15) is 90.4 Å². The smallest absolute Gasteiger partial charge is 0.0113 e. The number of rotatable bonds is 1. The fourth-order valence-corrected chi connectivity index (χ4v) is 13.2. The highest BCUT2D eigenvalue weighted by Gasteiger charge is 2.52. The molecule has 8 unspecified atom stereocenters. The van der Waals surface area contributed by atoms with Crippen molar-refractivity contribution in [3.63, 3.8) is 0 Å². The Labute approximate surface area is 141 Å². The van der Waals surface area contributed by atoms with Gasteiger partial charge in [0.15, 0.2) is 0 Å². The van der Waals surface area contributed by atoms with E-state index in [0.717, 1.165) is 34.0 Å². The van der Waals surface area contributed by atoms with Crippen molar-refractivity contribution in [3.8, 4) is 0 Å². The minimum Gasteiger partial charge on any atom is -0.108 e. The van der Waals surface area contributed by atoms with Gasteiger partial charge >= 0.3 is 0 Å². The number of fused-ring (bicyclic) bond motifs is 7. The maximum atomic E-state index is 2.55. The molecule has 2 saturated carbocycles. The molecule has 3 aliphatic heterocycles. The molecule has 5 aliphatic rings. The van der Waals surface area contributed by atoms with Crippen LogP contribution in [0, 0.1) is 17.8 Å². The van der Waals surface area contributed by atoms with E-state index in [-0.39, 0.29) is 0 Å². The molecule has 0 aromatic rings. The van der Waals surface area contributed by atoms with Crippen LogP contribution in [0.2, 0.25) is 0 Å². The molecule has 4 bridgehead atoms. The molecule has 22 heavy (non-hydrogen) atoms. The third-order valence-corrected chi connectivity index (χ3v) is 13.0. The summed E-state index contributed by atoms with van der Waals surface area (Å²) in [5.74, 6) is 3.35. The summed E-state index contributed by atoms with van der Waals surface area (Å²) in [5.41, 5.74) is 2.27. The van der Waals surface area contributed by atoms with Crippen LogP contribution in [-0.2, 0) is 0 Å². The molecule has 3 saturated heterocycles. The Morgan fingerprint density at radius 2 is 1.36 bits per heavy atom. The predicted molar refractivity (Wildman–Crippen MR) is 103 cm³/mol. The third kappa shape index (κ3) is 2.94. The lowest BCUT2D eigenvalue weighted by Gasteiger charge is -2.55. The lowest BCUT2D eigenvalue weighted by atomic mass is 9.73. The van der Waals surface area contributed by atoms with Crippen molar-refractivity contribution in [2.75, 3.05) is 0 Å². The molecule has 0 aromatic carbocycles. The first-order valence-corrected chi connectivity index (χ1v) is 12.5. The Morgan fingerprint density at radius 3 is 2.09 bits per heavy atom. The lowest BCUT2D eigenvalue weighted by molar-refractivity contribution is 0.191. The fourth-order valence-electron chi connectivity index (χ4n) is 6.62. The van der Waals surface area contributed by atoms with Crippen molar-refractivity contribution >= 4 is 17.2 Å². The van der Waals surface area contributed by atoms with Crippen LogP contribution in [-0.4, -0.2) is 16.2 Å². The van der Waals surface area contributed by atoms with Gasteiger partial charge in [0.2, 0.25) is 0 Å². The second kappa shape index (κ2) is 7.00.